The summed E-state index contributed by atoms with van der Waals surface area (Å²) >= 11 is 0. The van der Waals surface area contributed by atoms with Crippen molar-refractivity contribution in [2.45, 2.75) is 259 Å². The molecule has 6 heteroatoms. The number of hydrogen-bond donors (Lipinski definition) is 0. The monoisotopic (exact) mass is 737 g/mol. The van der Waals surface area contributed by atoms with E-state index in [2.05, 4.69) is 27.7 Å². The minimum atomic E-state index is -0.757. The SMILES string of the molecule is CCCCCCCCCCCC(=O)OC[C@H](COC(=O)CCCCCCCCC)OC(=O)CCCCCCCCCCCCCCCCC(C)CC. The smallest absolute Gasteiger partial charge is 0.306 e. The molecule has 6 nitrogen and oxygen atoms in total. The summed E-state index contributed by atoms with van der Waals surface area (Å²) in [6.45, 7) is 8.98. The van der Waals surface area contributed by atoms with Gasteiger partial charge in [0.1, 0.15) is 13.2 Å². The van der Waals surface area contributed by atoms with Gasteiger partial charge in [0.05, 0.1) is 0 Å². The summed E-state index contributed by atoms with van der Waals surface area (Å²) in [7, 11) is 0. The molecular weight excluding hydrogens is 649 g/mol. The molecule has 0 rings (SSSR count). The van der Waals surface area contributed by atoms with Crippen LogP contribution in [0, 0.1) is 5.92 Å². The van der Waals surface area contributed by atoms with E-state index < -0.39 is 6.10 Å². The topological polar surface area (TPSA) is 78.9 Å². The third-order valence-corrected chi connectivity index (χ3v) is 10.7. The van der Waals surface area contributed by atoms with E-state index in [1.165, 1.54) is 148 Å². The van der Waals surface area contributed by atoms with Crippen LogP contribution in [0.1, 0.15) is 252 Å². The molecule has 0 aliphatic carbocycles. The second kappa shape index (κ2) is 40.6. The maximum absolute atomic E-state index is 12.7. The van der Waals surface area contributed by atoms with Crippen molar-refractivity contribution in [2.75, 3.05) is 13.2 Å². The van der Waals surface area contributed by atoms with Gasteiger partial charge >= 0.3 is 17.9 Å². The van der Waals surface area contributed by atoms with E-state index in [0.29, 0.717) is 19.3 Å². The van der Waals surface area contributed by atoms with Crippen LogP contribution >= 0.6 is 0 Å². The number of rotatable bonds is 41. The zero-order valence-electron chi connectivity index (χ0n) is 35.3. The molecule has 0 aromatic rings. The molecule has 0 fully saturated rings. The van der Waals surface area contributed by atoms with Crippen molar-refractivity contribution in [3.05, 3.63) is 0 Å². The third kappa shape index (κ3) is 38.1. The summed E-state index contributed by atoms with van der Waals surface area (Å²) in [5, 5.41) is 0. The molecular formula is C46H88O6. The highest BCUT2D eigenvalue weighted by molar-refractivity contribution is 5.71. The Morgan fingerprint density at radius 3 is 1.00 bits per heavy atom. The van der Waals surface area contributed by atoms with Gasteiger partial charge in [-0.05, 0) is 25.2 Å². The molecule has 308 valence electrons. The molecule has 0 N–H and O–H groups in total. The Labute approximate surface area is 323 Å². The summed E-state index contributed by atoms with van der Waals surface area (Å²) in [6, 6.07) is 0. The van der Waals surface area contributed by atoms with Crippen molar-refractivity contribution in [3.63, 3.8) is 0 Å². The van der Waals surface area contributed by atoms with E-state index in [9.17, 15) is 14.4 Å². The number of esters is 3. The average molecular weight is 737 g/mol. The maximum Gasteiger partial charge on any atom is 0.306 e. The Kier molecular flexibility index (Phi) is 39.4. The molecule has 0 bridgehead atoms. The van der Waals surface area contributed by atoms with E-state index in [4.69, 9.17) is 14.2 Å². The quantitative estimate of drug-likeness (QED) is 0.0353. The molecule has 0 aliphatic rings. The van der Waals surface area contributed by atoms with Crippen LogP contribution in [-0.4, -0.2) is 37.2 Å². The van der Waals surface area contributed by atoms with E-state index in [-0.39, 0.29) is 31.1 Å². The van der Waals surface area contributed by atoms with Crippen LogP contribution in [0.4, 0.5) is 0 Å². The predicted molar refractivity (Wildman–Crippen MR) is 220 cm³/mol. The molecule has 0 saturated heterocycles. The molecule has 0 aromatic heterocycles. The first-order valence-corrected chi connectivity index (χ1v) is 22.9. The Balaban J connectivity index is 4.20. The van der Waals surface area contributed by atoms with Crippen LogP contribution in [0.2, 0.25) is 0 Å². The lowest BCUT2D eigenvalue weighted by Crippen LogP contribution is -2.30. The highest BCUT2D eigenvalue weighted by Gasteiger charge is 2.19. The van der Waals surface area contributed by atoms with Gasteiger partial charge in [-0.1, -0.05) is 214 Å². The Morgan fingerprint density at radius 2 is 0.673 bits per heavy atom. The summed E-state index contributed by atoms with van der Waals surface area (Å²) in [5.74, 6) is 0.0319. The number of unbranched alkanes of at least 4 members (excludes halogenated alkanes) is 27. The van der Waals surface area contributed by atoms with Gasteiger partial charge in [0.2, 0.25) is 0 Å². The third-order valence-electron chi connectivity index (χ3n) is 10.7. The highest BCUT2D eigenvalue weighted by atomic mass is 16.6. The fourth-order valence-corrected chi connectivity index (χ4v) is 6.77. The van der Waals surface area contributed by atoms with E-state index in [1.807, 2.05) is 0 Å². The first kappa shape index (κ1) is 50.4. The fourth-order valence-electron chi connectivity index (χ4n) is 6.77. The fraction of sp³-hybridized carbons (Fsp3) is 0.935. The second-order valence-corrected chi connectivity index (χ2v) is 15.9. The number of carbonyl (C=O) groups is 3. The molecule has 0 amide bonds. The molecule has 0 saturated carbocycles. The molecule has 0 spiro atoms. The summed E-state index contributed by atoms with van der Waals surface area (Å²) in [5.41, 5.74) is 0. The molecule has 2 atom stereocenters. The zero-order chi connectivity index (χ0) is 38.2. The molecule has 0 radical (unpaired) electrons. The van der Waals surface area contributed by atoms with Crippen molar-refractivity contribution in [2.24, 2.45) is 5.92 Å². The van der Waals surface area contributed by atoms with E-state index in [1.54, 1.807) is 0 Å². The number of hydrogen-bond acceptors (Lipinski definition) is 6. The molecule has 0 heterocycles. The largest absolute Gasteiger partial charge is 0.462 e. The molecule has 1 unspecified atom stereocenters. The van der Waals surface area contributed by atoms with Crippen LogP contribution < -0.4 is 0 Å². The maximum atomic E-state index is 12.7. The summed E-state index contributed by atoms with van der Waals surface area (Å²) < 4.78 is 16.6. The first-order chi connectivity index (χ1) is 25.4. The van der Waals surface area contributed by atoms with Crippen LogP contribution in [0.5, 0.6) is 0 Å². The number of ether oxygens (including phenoxy) is 3. The zero-order valence-corrected chi connectivity index (χ0v) is 35.3. The van der Waals surface area contributed by atoms with Crippen LogP contribution in [0.3, 0.4) is 0 Å². The Morgan fingerprint density at radius 1 is 0.385 bits per heavy atom. The normalized spacial score (nSPS) is 12.5. The molecule has 0 aromatic carbocycles. The van der Waals surface area contributed by atoms with Gasteiger partial charge < -0.3 is 14.2 Å². The molecule has 0 aliphatic heterocycles. The van der Waals surface area contributed by atoms with Gasteiger partial charge in [0.15, 0.2) is 6.10 Å². The van der Waals surface area contributed by atoms with Gasteiger partial charge in [-0.3, -0.25) is 14.4 Å². The second-order valence-electron chi connectivity index (χ2n) is 15.9. The van der Waals surface area contributed by atoms with E-state index >= 15 is 0 Å². The summed E-state index contributed by atoms with van der Waals surface area (Å²) in [6.07, 6.45) is 39.5. The van der Waals surface area contributed by atoms with Crippen molar-refractivity contribution >= 4 is 17.9 Å². The van der Waals surface area contributed by atoms with Gasteiger partial charge in [-0.15, -0.1) is 0 Å². The van der Waals surface area contributed by atoms with Crippen molar-refractivity contribution in [3.8, 4) is 0 Å². The average Bonchev–Trinajstić information content (AvgIpc) is 3.14. The predicted octanol–water partition coefficient (Wildman–Crippen LogP) is 14.3. The van der Waals surface area contributed by atoms with Gasteiger partial charge in [0, 0.05) is 19.3 Å². The highest BCUT2D eigenvalue weighted by Crippen LogP contribution is 2.17. The minimum Gasteiger partial charge on any atom is -0.462 e. The van der Waals surface area contributed by atoms with Crippen LogP contribution in [0.15, 0.2) is 0 Å². The van der Waals surface area contributed by atoms with E-state index in [0.717, 1.165) is 63.7 Å². The van der Waals surface area contributed by atoms with Crippen LogP contribution in [-0.2, 0) is 28.6 Å². The molecule has 52 heavy (non-hydrogen) atoms. The number of carbonyl (C=O) groups excluding carboxylic acids is 3. The standard InChI is InChI=1S/C46H88O6/c1-5-8-10-12-14-21-26-30-34-38-45(48)51-41-43(40-50-44(47)37-33-29-24-13-11-9-6-2)52-46(49)39-35-31-27-23-20-18-16-15-17-19-22-25-28-32-36-42(4)7-3/h42-43H,5-41H2,1-4H3/t42?,43-/m0/s1. The lowest BCUT2D eigenvalue weighted by Gasteiger charge is -2.18. The minimum absolute atomic E-state index is 0.0644. The van der Waals surface area contributed by atoms with Gasteiger partial charge in [0.25, 0.3) is 0 Å². The van der Waals surface area contributed by atoms with Gasteiger partial charge in [-0.25, -0.2) is 0 Å². The lowest BCUT2D eigenvalue weighted by atomic mass is 9.99. The van der Waals surface area contributed by atoms with Gasteiger partial charge in [-0.2, -0.15) is 0 Å². The first-order valence-electron chi connectivity index (χ1n) is 22.9. The lowest BCUT2D eigenvalue weighted by molar-refractivity contribution is -0.167. The summed E-state index contributed by atoms with van der Waals surface area (Å²) in [4.78, 5) is 37.5. The van der Waals surface area contributed by atoms with Crippen molar-refractivity contribution in [1.82, 2.24) is 0 Å². The van der Waals surface area contributed by atoms with Crippen LogP contribution in [0.25, 0.3) is 0 Å². The Bertz CT molecular complexity index is 783. The van der Waals surface area contributed by atoms with Crippen molar-refractivity contribution in [1.29, 1.82) is 0 Å². The van der Waals surface area contributed by atoms with Crippen molar-refractivity contribution < 1.29 is 28.6 Å². The Hall–Kier alpha value is -1.59.